The minimum Gasteiger partial charge on any atom is -0.377 e. The van der Waals surface area contributed by atoms with Gasteiger partial charge in [0.15, 0.2) is 0 Å². The lowest BCUT2D eigenvalue weighted by Gasteiger charge is -2.51. The van der Waals surface area contributed by atoms with Crippen molar-refractivity contribution in [2.24, 2.45) is 10.8 Å². The van der Waals surface area contributed by atoms with Crippen LogP contribution >= 0.6 is 0 Å². The van der Waals surface area contributed by atoms with Crippen LogP contribution < -0.4 is 0 Å². The van der Waals surface area contributed by atoms with Crippen LogP contribution in [0.5, 0.6) is 0 Å². The Morgan fingerprint density at radius 2 is 2.00 bits per heavy atom. The first-order valence-corrected chi connectivity index (χ1v) is 5.62. The van der Waals surface area contributed by atoms with Crippen molar-refractivity contribution in [2.75, 3.05) is 6.61 Å². The Bertz CT molecular complexity index is 257. The molecule has 2 heteroatoms. The molecular formula is C12H20O2. The van der Waals surface area contributed by atoms with Crippen molar-refractivity contribution < 1.29 is 9.53 Å². The highest BCUT2D eigenvalue weighted by Crippen LogP contribution is 2.50. The van der Waals surface area contributed by atoms with Crippen molar-refractivity contribution in [1.82, 2.24) is 0 Å². The molecule has 2 nitrogen and oxygen atoms in total. The first-order valence-electron chi connectivity index (χ1n) is 5.62. The fourth-order valence-electron chi connectivity index (χ4n) is 3.21. The zero-order chi connectivity index (χ0) is 10.4. The third kappa shape index (κ3) is 1.31. The van der Waals surface area contributed by atoms with Gasteiger partial charge in [-0.25, -0.2) is 0 Å². The van der Waals surface area contributed by atoms with Crippen LogP contribution in [0.4, 0.5) is 0 Å². The van der Waals surface area contributed by atoms with E-state index in [1.54, 1.807) is 0 Å². The Kier molecular flexibility index (Phi) is 2.22. The smallest absolute Gasteiger partial charge is 0.141 e. The van der Waals surface area contributed by atoms with Gasteiger partial charge >= 0.3 is 0 Å². The summed E-state index contributed by atoms with van der Waals surface area (Å²) in [6.45, 7) is 7.20. The van der Waals surface area contributed by atoms with Crippen LogP contribution in [0, 0.1) is 10.8 Å². The van der Waals surface area contributed by atoms with E-state index in [2.05, 4.69) is 6.92 Å². The van der Waals surface area contributed by atoms with Gasteiger partial charge in [0.1, 0.15) is 5.78 Å². The maximum atomic E-state index is 11.8. The highest BCUT2D eigenvalue weighted by atomic mass is 16.5. The predicted molar refractivity (Wildman–Crippen MR) is 55.1 cm³/mol. The first-order chi connectivity index (χ1) is 6.47. The van der Waals surface area contributed by atoms with E-state index in [0.29, 0.717) is 5.78 Å². The third-order valence-corrected chi connectivity index (χ3v) is 4.11. The lowest BCUT2D eigenvalue weighted by atomic mass is 9.59. The summed E-state index contributed by atoms with van der Waals surface area (Å²) in [5, 5.41) is 0. The Hall–Kier alpha value is -0.370. The molecular weight excluding hydrogens is 176 g/mol. The van der Waals surface area contributed by atoms with Crippen LogP contribution in [0.3, 0.4) is 0 Å². The quantitative estimate of drug-likeness (QED) is 0.595. The molecule has 2 rings (SSSR count). The summed E-state index contributed by atoms with van der Waals surface area (Å²) in [6.07, 6.45) is 4.26. The molecule has 0 aromatic heterocycles. The number of hydrogen-bond acceptors (Lipinski definition) is 2. The summed E-state index contributed by atoms with van der Waals surface area (Å²) in [7, 11) is 0. The van der Waals surface area contributed by atoms with Crippen LogP contribution in [0.1, 0.15) is 46.5 Å². The second-order valence-electron chi connectivity index (χ2n) is 5.65. The molecule has 0 aromatic rings. The molecule has 1 aliphatic carbocycles. The van der Waals surface area contributed by atoms with E-state index in [0.717, 1.165) is 25.9 Å². The van der Waals surface area contributed by atoms with Gasteiger partial charge in [-0.3, -0.25) is 4.79 Å². The van der Waals surface area contributed by atoms with Gasteiger partial charge in [0.25, 0.3) is 0 Å². The molecule has 0 radical (unpaired) electrons. The largest absolute Gasteiger partial charge is 0.377 e. The molecule has 0 bridgehead atoms. The Morgan fingerprint density at radius 3 is 2.71 bits per heavy atom. The SMILES string of the molecule is CC1(C)C(=O)CC[C@]2(C)CCCO[C@@H]12. The predicted octanol–water partition coefficient (Wildman–Crippen LogP) is 2.56. The highest BCUT2D eigenvalue weighted by molar-refractivity contribution is 5.85. The highest BCUT2D eigenvalue weighted by Gasteiger charge is 2.52. The zero-order valence-corrected chi connectivity index (χ0v) is 9.43. The molecule has 0 amide bonds. The van der Waals surface area contributed by atoms with Gasteiger partial charge in [-0.1, -0.05) is 20.8 Å². The second-order valence-corrected chi connectivity index (χ2v) is 5.65. The summed E-state index contributed by atoms with van der Waals surface area (Å²) in [6, 6.07) is 0. The minimum atomic E-state index is -0.270. The van der Waals surface area contributed by atoms with E-state index in [-0.39, 0.29) is 16.9 Å². The number of carbonyl (C=O) groups is 1. The number of ether oxygens (including phenoxy) is 1. The third-order valence-electron chi connectivity index (χ3n) is 4.11. The van der Waals surface area contributed by atoms with Gasteiger partial charge in [0.2, 0.25) is 0 Å². The average Bonchev–Trinajstić information content (AvgIpc) is 2.13. The van der Waals surface area contributed by atoms with Gasteiger partial charge in [0, 0.05) is 13.0 Å². The molecule has 2 atom stereocenters. The van der Waals surface area contributed by atoms with Crippen molar-refractivity contribution in [3.05, 3.63) is 0 Å². The summed E-state index contributed by atoms with van der Waals surface area (Å²) in [5.41, 5.74) is -0.0247. The van der Waals surface area contributed by atoms with E-state index in [1.807, 2.05) is 13.8 Å². The summed E-state index contributed by atoms with van der Waals surface area (Å²) in [5.74, 6) is 0.377. The number of Topliss-reactive ketones (excluding diaryl/α,β-unsaturated/α-hetero) is 1. The molecule has 14 heavy (non-hydrogen) atoms. The monoisotopic (exact) mass is 196 g/mol. The number of rotatable bonds is 0. The fourth-order valence-corrected chi connectivity index (χ4v) is 3.21. The van der Waals surface area contributed by atoms with Gasteiger partial charge in [-0.05, 0) is 24.7 Å². The van der Waals surface area contributed by atoms with Crippen molar-refractivity contribution in [3.63, 3.8) is 0 Å². The molecule has 1 heterocycles. The van der Waals surface area contributed by atoms with Crippen molar-refractivity contribution in [2.45, 2.75) is 52.6 Å². The zero-order valence-electron chi connectivity index (χ0n) is 9.43. The molecule has 80 valence electrons. The number of carbonyl (C=O) groups excluding carboxylic acids is 1. The molecule has 0 N–H and O–H groups in total. The maximum absolute atomic E-state index is 11.8. The number of ketones is 1. The van der Waals surface area contributed by atoms with Crippen molar-refractivity contribution >= 4 is 5.78 Å². The van der Waals surface area contributed by atoms with E-state index >= 15 is 0 Å². The molecule has 0 spiro atoms. The number of fused-ring (bicyclic) bond motifs is 1. The number of hydrogen-bond donors (Lipinski definition) is 0. The van der Waals surface area contributed by atoms with Crippen molar-refractivity contribution in [1.29, 1.82) is 0 Å². The molecule has 1 saturated heterocycles. The summed E-state index contributed by atoms with van der Waals surface area (Å²) >= 11 is 0. The summed E-state index contributed by atoms with van der Waals surface area (Å²) < 4.78 is 5.85. The minimum absolute atomic E-state index is 0.144. The van der Waals surface area contributed by atoms with Gasteiger partial charge < -0.3 is 4.74 Å². The lowest BCUT2D eigenvalue weighted by Crippen LogP contribution is -2.55. The van der Waals surface area contributed by atoms with Gasteiger partial charge in [-0.15, -0.1) is 0 Å². The molecule has 1 saturated carbocycles. The van der Waals surface area contributed by atoms with Crippen LogP contribution in [-0.4, -0.2) is 18.5 Å². The molecule has 2 aliphatic rings. The molecule has 1 aliphatic heterocycles. The first kappa shape index (κ1) is 10.2. The normalized spacial score (nSPS) is 41.9. The van der Waals surface area contributed by atoms with Crippen molar-refractivity contribution in [3.8, 4) is 0 Å². The lowest BCUT2D eigenvalue weighted by molar-refractivity contribution is -0.173. The van der Waals surface area contributed by atoms with E-state index in [1.165, 1.54) is 6.42 Å². The van der Waals surface area contributed by atoms with E-state index < -0.39 is 0 Å². The standard InChI is InChI=1S/C12H20O2/c1-11(2)9(13)5-7-12(3)6-4-8-14-10(11)12/h10H,4-8H2,1-3H3/t10-,12-/m0/s1. The molecule has 0 unspecified atom stereocenters. The Morgan fingerprint density at radius 1 is 1.29 bits per heavy atom. The Balaban J connectivity index is 2.30. The Labute approximate surface area is 86.0 Å². The van der Waals surface area contributed by atoms with Crippen LogP contribution in [-0.2, 0) is 9.53 Å². The van der Waals surface area contributed by atoms with Crippen LogP contribution in [0.25, 0.3) is 0 Å². The van der Waals surface area contributed by atoms with Crippen LogP contribution in [0.15, 0.2) is 0 Å². The van der Waals surface area contributed by atoms with E-state index in [9.17, 15) is 4.79 Å². The van der Waals surface area contributed by atoms with Gasteiger partial charge in [-0.2, -0.15) is 0 Å². The second kappa shape index (κ2) is 3.06. The van der Waals surface area contributed by atoms with E-state index in [4.69, 9.17) is 4.74 Å². The average molecular weight is 196 g/mol. The molecule has 2 fully saturated rings. The maximum Gasteiger partial charge on any atom is 0.141 e. The van der Waals surface area contributed by atoms with Crippen LogP contribution in [0.2, 0.25) is 0 Å². The topological polar surface area (TPSA) is 26.3 Å². The van der Waals surface area contributed by atoms with Gasteiger partial charge in [0.05, 0.1) is 11.5 Å². The molecule has 0 aromatic carbocycles. The summed E-state index contributed by atoms with van der Waals surface area (Å²) in [4.78, 5) is 11.8. The fraction of sp³-hybridized carbons (Fsp3) is 0.917.